The number of rotatable bonds is 3. The number of aromatic nitrogens is 1. The molecule has 0 bridgehead atoms. The lowest BCUT2D eigenvalue weighted by atomic mass is 9.67. The number of ether oxygens (including phenoxy) is 1. The van der Waals surface area contributed by atoms with Gasteiger partial charge in [-0.05, 0) is 47.5 Å². The van der Waals surface area contributed by atoms with Gasteiger partial charge in [0.1, 0.15) is 10.6 Å². The largest absolute Gasteiger partial charge is 0.466 e. The Bertz CT molecular complexity index is 493. The van der Waals surface area contributed by atoms with E-state index in [1.165, 1.54) is 11.3 Å². The minimum atomic E-state index is -0.945. The van der Waals surface area contributed by atoms with Crippen LogP contribution in [-0.2, 0) is 15.1 Å². The van der Waals surface area contributed by atoms with Gasteiger partial charge in [-0.1, -0.05) is 13.8 Å². The van der Waals surface area contributed by atoms with Crippen molar-refractivity contribution in [3.8, 4) is 0 Å². The van der Waals surface area contributed by atoms with Crippen molar-refractivity contribution in [2.75, 3.05) is 6.61 Å². The zero-order valence-corrected chi connectivity index (χ0v) is 14.3. The highest BCUT2D eigenvalue weighted by Gasteiger charge is 2.48. The molecule has 112 valence electrons. The minimum Gasteiger partial charge on any atom is -0.466 e. The summed E-state index contributed by atoms with van der Waals surface area (Å²) in [6.45, 7) is 6.20. The van der Waals surface area contributed by atoms with Crippen LogP contribution in [0, 0.1) is 17.8 Å². The lowest BCUT2D eigenvalue weighted by Gasteiger charge is -2.42. The monoisotopic (exact) mass is 361 g/mol. The molecule has 6 heteroatoms. The molecule has 2 rings (SSSR count). The Balaban J connectivity index is 2.19. The van der Waals surface area contributed by atoms with Gasteiger partial charge >= 0.3 is 5.97 Å². The quantitative estimate of drug-likeness (QED) is 0.838. The van der Waals surface area contributed by atoms with Gasteiger partial charge in [-0.25, -0.2) is 4.98 Å². The van der Waals surface area contributed by atoms with Crippen molar-refractivity contribution in [3.63, 3.8) is 0 Å². The summed E-state index contributed by atoms with van der Waals surface area (Å²) in [5.74, 6) is -0.216. The third kappa shape index (κ3) is 2.92. The Hall–Kier alpha value is -0.460. The second-order valence-corrected chi connectivity index (χ2v) is 7.98. The predicted octanol–water partition coefficient (Wildman–Crippen LogP) is 3.34. The Morgan fingerprint density at radius 2 is 2.35 bits per heavy atom. The first-order valence-electron chi connectivity index (χ1n) is 6.89. The number of carbonyl (C=O) groups excluding carboxylic acids is 1. The molecule has 0 radical (unpaired) electrons. The molecule has 0 spiro atoms. The predicted molar refractivity (Wildman–Crippen MR) is 81.4 cm³/mol. The fraction of sp³-hybridized carbons (Fsp3) is 0.714. The van der Waals surface area contributed by atoms with E-state index in [-0.39, 0.29) is 23.7 Å². The number of carbonyl (C=O) groups is 1. The standard InChI is InChI=1S/C14H20BrNO3S/c1-4-19-12(17)10-5-9(3)14(18,6-8(10)2)13-16-7-11(15)20-13/h7-10,18H,4-6H2,1-3H3. The van der Waals surface area contributed by atoms with Crippen LogP contribution in [0.4, 0.5) is 0 Å². The molecule has 1 aliphatic carbocycles. The van der Waals surface area contributed by atoms with E-state index in [0.29, 0.717) is 19.4 Å². The number of nitrogens with zero attached hydrogens (tertiary/aromatic N) is 1. The second-order valence-electron chi connectivity index (χ2n) is 5.57. The van der Waals surface area contributed by atoms with Gasteiger partial charge in [-0.3, -0.25) is 4.79 Å². The molecule has 1 aromatic rings. The Morgan fingerprint density at radius 1 is 1.65 bits per heavy atom. The molecule has 0 saturated heterocycles. The first-order chi connectivity index (χ1) is 9.38. The summed E-state index contributed by atoms with van der Waals surface area (Å²) in [6.07, 6.45) is 2.89. The normalized spacial score (nSPS) is 34.0. The fourth-order valence-corrected chi connectivity index (χ4v) is 4.39. The lowest BCUT2D eigenvalue weighted by Crippen LogP contribution is -2.45. The van der Waals surface area contributed by atoms with Crippen LogP contribution < -0.4 is 0 Å². The van der Waals surface area contributed by atoms with Crippen LogP contribution >= 0.6 is 27.3 Å². The van der Waals surface area contributed by atoms with Crippen molar-refractivity contribution in [2.24, 2.45) is 17.8 Å². The second kappa shape index (κ2) is 6.12. The topological polar surface area (TPSA) is 59.4 Å². The lowest BCUT2D eigenvalue weighted by molar-refractivity contribution is -0.158. The Labute approximate surface area is 131 Å². The van der Waals surface area contributed by atoms with Crippen molar-refractivity contribution in [2.45, 2.75) is 39.2 Å². The molecule has 1 N–H and O–H groups in total. The highest BCUT2D eigenvalue weighted by Crippen LogP contribution is 2.48. The molecular formula is C14H20BrNO3S. The van der Waals surface area contributed by atoms with Gasteiger partial charge in [0.05, 0.1) is 22.5 Å². The maximum atomic E-state index is 12.0. The van der Waals surface area contributed by atoms with Crippen LogP contribution in [0.5, 0.6) is 0 Å². The zero-order chi connectivity index (χ0) is 14.9. The van der Waals surface area contributed by atoms with E-state index >= 15 is 0 Å². The van der Waals surface area contributed by atoms with Crippen molar-refractivity contribution in [1.82, 2.24) is 4.98 Å². The molecule has 1 saturated carbocycles. The molecule has 1 fully saturated rings. The van der Waals surface area contributed by atoms with Crippen molar-refractivity contribution < 1.29 is 14.6 Å². The molecule has 1 heterocycles. The third-order valence-corrected chi connectivity index (χ3v) is 5.82. The summed E-state index contributed by atoms with van der Waals surface area (Å²) >= 11 is 4.84. The van der Waals surface area contributed by atoms with Crippen LogP contribution in [-0.4, -0.2) is 22.7 Å². The molecule has 4 atom stereocenters. The van der Waals surface area contributed by atoms with Crippen molar-refractivity contribution >= 4 is 33.2 Å². The number of esters is 1. The molecule has 0 aliphatic heterocycles. The molecule has 0 amide bonds. The van der Waals surface area contributed by atoms with Gasteiger partial charge in [0.15, 0.2) is 0 Å². The van der Waals surface area contributed by atoms with Crippen LogP contribution in [0.1, 0.15) is 38.6 Å². The molecule has 4 nitrogen and oxygen atoms in total. The summed E-state index contributed by atoms with van der Waals surface area (Å²) in [5.41, 5.74) is -0.945. The van der Waals surface area contributed by atoms with Gasteiger partial charge in [0.2, 0.25) is 0 Å². The number of hydrogen-bond donors (Lipinski definition) is 1. The molecule has 0 aromatic carbocycles. The average Bonchev–Trinajstić information content (AvgIpc) is 2.81. The highest BCUT2D eigenvalue weighted by atomic mass is 79.9. The van der Waals surface area contributed by atoms with Gasteiger partial charge in [-0.2, -0.15) is 0 Å². The van der Waals surface area contributed by atoms with Gasteiger partial charge in [0, 0.05) is 0 Å². The molecular weight excluding hydrogens is 342 g/mol. The average molecular weight is 362 g/mol. The van der Waals surface area contributed by atoms with E-state index in [1.54, 1.807) is 6.20 Å². The minimum absolute atomic E-state index is 0.0221. The van der Waals surface area contributed by atoms with Gasteiger partial charge in [0.25, 0.3) is 0 Å². The van der Waals surface area contributed by atoms with E-state index in [4.69, 9.17) is 4.74 Å². The van der Waals surface area contributed by atoms with E-state index in [1.807, 2.05) is 20.8 Å². The molecule has 1 aromatic heterocycles. The summed E-state index contributed by atoms with van der Waals surface area (Å²) in [7, 11) is 0. The van der Waals surface area contributed by atoms with Gasteiger partial charge < -0.3 is 9.84 Å². The maximum absolute atomic E-state index is 12.0. The number of hydrogen-bond acceptors (Lipinski definition) is 5. The van der Waals surface area contributed by atoms with Crippen molar-refractivity contribution in [3.05, 3.63) is 15.0 Å². The molecule has 4 unspecified atom stereocenters. The van der Waals surface area contributed by atoms with E-state index < -0.39 is 5.60 Å². The summed E-state index contributed by atoms with van der Waals surface area (Å²) in [5, 5.41) is 11.7. The van der Waals surface area contributed by atoms with E-state index in [0.717, 1.165) is 8.79 Å². The SMILES string of the molecule is CCOC(=O)C1CC(C)C(O)(c2ncc(Br)s2)CC1C. The van der Waals surface area contributed by atoms with E-state index in [2.05, 4.69) is 20.9 Å². The number of halogens is 1. The summed E-state index contributed by atoms with van der Waals surface area (Å²) < 4.78 is 6.05. The Morgan fingerprint density at radius 3 is 2.90 bits per heavy atom. The van der Waals surface area contributed by atoms with E-state index in [9.17, 15) is 9.90 Å². The third-order valence-electron chi connectivity index (χ3n) is 4.18. The Kier molecular flexibility index (Phi) is 4.87. The number of aliphatic hydroxyl groups is 1. The first-order valence-corrected chi connectivity index (χ1v) is 8.50. The smallest absolute Gasteiger partial charge is 0.309 e. The van der Waals surface area contributed by atoms with Crippen LogP contribution in [0.2, 0.25) is 0 Å². The van der Waals surface area contributed by atoms with Crippen LogP contribution in [0.3, 0.4) is 0 Å². The number of thiazole rings is 1. The fourth-order valence-electron chi connectivity index (χ4n) is 2.97. The zero-order valence-electron chi connectivity index (χ0n) is 11.9. The van der Waals surface area contributed by atoms with Crippen LogP contribution in [0.15, 0.2) is 9.98 Å². The highest BCUT2D eigenvalue weighted by molar-refractivity contribution is 9.11. The molecule has 20 heavy (non-hydrogen) atoms. The molecule has 1 aliphatic rings. The summed E-state index contributed by atoms with van der Waals surface area (Å²) in [6, 6.07) is 0. The maximum Gasteiger partial charge on any atom is 0.309 e. The first kappa shape index (κ1) is 15.9. The summed E-state index contributed by atoms with van der Waals surface area (Å²) in [4.78, 5) is 16.3. The van der Waals surface area contributed by atoms with Crippen molar-refractivity contribution in [1.29, 1.82) is 0 Å². The van der Waals surface area contributed by atoms with Crippen LogP contribution in [0.25, 0.3) is 0 Å². The van der Waals surface area contributed by atoms with Gasteiger partial charge in [-0.15, -0.1) is 11.3 Å².